The summed E-state index contributed by atoms with van der Waals surface area (Å²) < 4.78 is 5.06. The lowest BCUT2D eigenvalue weighted by Crippen LogP contribution is -2.45. The van der Waals surface area contributed by atoms with Gasteiger partial charge in [-0.05, 0) is 0 Å². The van der Waals surface area contributed by atoms with E-state index in [1.165, 1.54) is 0 Å². The van der Waals surface area contributed by atoms with Crippen LogP contribution in [0.4, 0.5) is 0 Å². The molecular weight excluding hydrogens is 158 g/mol. The van der Waals surface area contributed by atoms with Gasteiger partial charge < -0.3 is 20.9 Å². The lowest BCUT2D eigenvalue weighted by molar-refractivity contribution is 0.0307. The highest BCUT2D eigenvalue weighted by atomic mass is 16.5. The predicted octanol–water partition coefficient (Wildman–Crippen LogP) is -1.33. The van der Waals surface area contributed by atoms with Crippen molar-refractivity contribution in [3.63, 3.8) is 0 Å². The van der Waals surface area contributed by atoms with Gasteiger partial charge in [0.2, 0.25) is 0 Å². The van der Waals surface area contributed by atoms with E-state index in [0.29, 0.717) is 32.1 Å². The molecule has 0 spiro atoms. The van der Waals surface area contributed by atoms with Crippen LogP contribution in [0.1, 0.15) is 6.42 Å². The van der Waals surface area contributed by atoms with Gasteiger partial charge in [0.15, 0.2) is 5.96 Å². The van der Waals surface area contributed by atoms with Crippen molar-refractivity contribution in [1.82, 2.24) is 5.32 Å². The molecule has 1 aliphatic heterocycles. The summed E-state index contributed by atoms with van der Waals surface area (Å²) in [5, 5.41) is 12.6. The molecule has 5 nitrogen and oxygen atoms in total. The molecule has 0 aromatic rings. The first kappa shape index (κ1) is 9.28. The van der Waals surface area contributed by atoms with Crippen LogP contribution in [0, 0.1) is 0 Å². The van der Waals surface area contributed by atoms with Gasteiger partial charge in [-0.15, -0.1) is 0 Å². The third-order valence-electron chi connectivity index (χ3n) is 1.92. The molecule has 1 aliphatic rings. The highest BCUT2D eigenvalue weighted by Gasteiger charge is 2.31. The average molecular weight is 173 g/mol. The van der Waals surface area contributed by atoms with Gasteiger partial charge in [0.05, 0.1) is 6.61 Å². The Bertz CT molecular complexity index is 175. The Balaban J connectivity index is 2.30. The summed E-state index contributed by atoms with van der Waals surface area (Å²) in [4.78, 5) is 3.71. The Morgan fingerprint density at radius 1 is 1.83 bits per heavy atom. The molecule has 0 amide bonds. The minimum Gasteiger partial charge on any atom is -0.386 e. The van der Waals surface area contributed by atoms with Gasteiger partial charge >= 0.3 is 0 Å². The standard InChI is InChI=1S/C7H15N3O2/c1-9-6(8)10-4-7(11)2-3-12-5-7/h11H,2-5H2,1H3,(H3,8,9,10). The van der Waals surface area contributed by atoms with E-state index in [-0.39, 0.29) is 0 Å². The zero-order valence-corrected chi connectivity index (χ0v) is 7.21. The highest BCUT2D eigenvalue weighted by Crippen LogP contribution is 2.16. The van der Waals surface area contributed by atoms with Gasteiger partial charge in [-0.1, -0.05) is 0 Å². The van der Waals surface area contributed by atoms with Crippen molar-refractivity contribution in [2.24, 2.45) is 10.7 Å². The van der Waals surface area contributed by atoms with Crippen LogP contribution in [-0.4, -0.2) is 43.5 Å². The molecule has 0 aliphatic carbocycles. The van der Waals surface area contributed by atoms with Gasteiger partial charge in [0.1, 0.15) is 5.60 Å². The first-order valence-corrected chi connectivity index (χ1v) is 3.92. The Labute approximate surface area is 71.6 Å². The summed E-state index contributed by atoms with van der Waals surface area (Å²) in [6.45, 7) is 1.38. The first-order valence-electron chi connectivity index (χ1n) is 3.92. The topological polar surface area (TPSA) is 79.9 Å². The number of nitrogens with two attached hydrogens (primary N) is 1. The maximum atomic E-state index is 9.74. The van der Waals surface area contributed by atoms with Gasteiger partial charge in [0, 0.05) is 26.6 Å². The van der Waals surface area contributed by atoms with Crippen LogP contribution in [0.15, 0.2) is 4.99 Å². The van der Waals surface area contributed by atoms with Gasteiger partial charge in [-0.2, -0.15) is 0 Å². The van der Waals surface area contributed by atoms with E-state index in [1.807, 2.05) is 0 Å². The molecule has 1 unspecified atom stereocenters. The van der Waals surface area contributed by atoms with Gasteiger partial charge in [-0.3, -0.25) is 4.99 Å². The monoisotopic (exact) mass is 173 g/mol. The summed E-state index contributed by atoms with van der Waals surface area (Å²) >= 11 is 0. The molecule has 4 N–H and O–H groups in total. The third kappa shape index (κ3) is 2.35. The fraction of sp³-hybridized carbons (Fsp3) is 0.857. The van der Waals surface area contributed by atoms with Crippen molar-refractivity contribution in [1.29, 1.82) is 0 Å². The number of guanidine groups is 1. The van der Waals surface area contributed by atoms with E-state index in [0.717, 1.165) is 0 Å². The molecule has 1 fully saturated rings. The van der Waals surface area contributed by atoms with E-state index in [1.54, 1.807) is 7.05 Å². The number of hydrogen-bond donors (Lipinski definition) is 3. The fourth-order valence-electron chi connectivity index (χ4n) is 1.07. The van der Waals surface area contributed by atoms with Crippen molar-refractivity contribution in [2.45, 2.75) is 12.0 Å². The van der Waals surface area contributed by atoms with Crippen molar-refractivity contribution < 1.29 is 9.84 Å². The van der Waals surface area contributed by atoms with E-state index in [2.05, 4.69) is 10.3 Å². The maximum Gasteiger partial charge on any atom is 0.188 e. The average Bonchev–Trinajstić information content (AvgIpc) is 2.49. The second kappa shape index (κ2) is 3.73. The van der Waals surface area contributed by atoms with Gasteiger partial charge in [0.25, 0.3) is 0 Å². The van der Waals surface area contributed by atoms with Crippen molar-refractivity contribution in [2.75, 3.05) is 26.8 Å². The normalized spacial score (nSPS) is 30.7. The number of nitrogens with zero attached hydrogens (tertiary/aromatic N) is 1. The Morgan fingerprint density at radius 3 is 3.08 bits per heavy atom. The molecule has 1 atom stereocenters. The molecule has 0 bridgehead atoms. The summed E-state index contributed by atoms with van der Waals surface area (Å²) in [5.74, 6) is 0.343. The van der Waals surface area contributed by atoms with E-state index in [4.69, 9.17) is 10.5 Å². The lowest BCUT2D eigenvalue weighted by Gasteiger charge is -2.20. The number of nitrogens with one attached hydrogen (secondary N) is 1. The highest BCUT2D eigenvalue weighted by molar-refractivity contribution is 5.77. The van der Waals surface area contributed by atoms with Crippen LogP contribution in [-0.2, 0) is 4.74 Å². The molecular formula is C7H15N3O2. The molecule has 0 aromatic heterocycles. The van der Waals surface area contributed by atoms with Gasteiger partial charge in [-0.25, -0.2) is 0 Å². The Morgan fingerprint density at radius 2 is 2.58 bits per heavy atom. The smallest absolute Gasteiger partial charge is 0.188 e. The zero-order chi connectivity index (χ0) is 9.03. The molecule has 0 radical (unpaired) electrons. The van der Waals surface area contributed by atoms with Crippen molar-refractivity contribution in [3.05, 3.63) is 0 Å². The summed E-state index contributed by atoms with van der Waals surface area (Å²) in [6, 6.07) is 0. The number of rotatable bonds is 2. The summed E-state index contributed by atoms with van der Waals surface area (Å²) in [6.07, 6.45) is 0.650. The van der Waals surface area contributed by atoms with E-state index >= 15 is 0 Å². The first-order chi connectivity index (χ1) is 5.66. The zero-order valence-electron chi connectivity index (χ0n) is 7.21. The fourth-order valence-corrected chi connectivity index (χ4v) is 1.07. The second-order valence-corrected chi connectivity index (χ2v) is 2.99. The molecule has 5 heteroatoms. The number of aliphatic imine (C=N–C) groups is 1. The van der Waals surface area contributed by atoms with Crippen LogP contribution in [0.5, 0.6) is 0 Å². The Kier molecular flexibility index (Phi) is 2.88. The molecule has 1 heterocycles. The maximum absolute atomic E-state index is 9.74. The number of ether oxygens (including phenoxy) is 1. The minimum absolute atomic E-state index is 0.343. The SMILES string of the molecule is CN=C(N)NCC1(O)CCOC1. The molecule has 12 heavy (non-hydrogen) atoms. The van der Waals surface area contributed by atoms with Crippen molar-refractivity contribution >= 4 is 5.96 Å². The number of aliphatic hydroxyl groups is 1. The quantitative estimate of drug-likeness (QED) is 0.357. The van der Waals surface area contributed by atoms with Crippen LogP contribution in [0.25, 0.3) is 0 Å². The predicted molar refractivity (Wildman–Crippen MR) is 45.9 cm³/mol. The van der Waals surface area contributed by atoms with E-state index in [9.17, 15) is 5.11 Å². The minimum atomic E-state index is -0.769. The summed E-state index contributed by atoms with van der Waals surface area (Å²) in [5.41, 5.74) is 4.63. The molecule has 1 saturated heterocycles. The van der Waals surface area contributed by atoms with Crippen LogP contribution < -0.4 is 11.1 Å². The third-order valence-corrected chi connectivity index (χ3v) is 1.92. The molecule has 0 saturated carbocycles. The largest absolute Gasteiger partial charge is 0.386 e. The van der Waals surface area contributed by atoms with Crippen LogP contribution in [0.3, 0.4) is 0 Å². The van der Waals surface area contributed by atoms with Crippen LogP contribution in [0.2, 0.25) is 0 Å². The molecule has 1 rings (SSSR count). The Hall–Kier alpha value is -0.810. The van der Waals surface area contributed by atoms with E-state index < -0.39 is 5.60 Å². The van der Waals surface area contributed by atoms with Crippen LogP contribution >= 0.6 is 0 Å². The molecule has 70 valence electrons. The van der Waals surface area contributed by atoms with Crippen molar-refractivity contribution in [3.8, 4) is 0 Å². The lowest BCUT2D eigenvalue weighted by atomic mass is 10.0. The molecule has 0 aromatic carbocycles. The second-order valence-electron chi connectivity index (χ2n) is 2.99. The summed E-state index contributed by atoms with van der Waals surface area (Å²) in [7, 11) is 1.59. The number of hydrogen-bond acceptors (Lipinski definition) is 3.